The Kier molecular flexibility index (Phi) is 6.71. The Labute approximate surface area is 196 Å². The number of hydrogen-bond donors (Lipinski definition) is 2. The molecule has 7 heteroatoms. The molecule has 3 aromatic rings. The number of sulfone groups is 1. The molecule has 0 bridgehead atoms. The highest BCUT2D eigenvalue weighted by Gasteiger charge is 2.21. The van der Waals surface area contributed by atoms with Gasteiger partial charge in [0.2, 0.25) is 0 Å². The molecule has 0 amide bonds. The molecular formula is C26H33N3O3S. The van der Waals surface area contributed by atoms with Crippen molar-refractivity contribution >= 4 is 26.4 Å². The van der Waals surface area contributed by atoms with Crippen molar-refractivity contribution < 1.29 is 13.2 Å². The van der Waals surface area contributed by atoms with Gasteiger partial charge in [0, 0.05) is 36.8 Å². The van der Waals surface area contributed by atoms with E-state index in [1.807, 2.05) is 6.07 Å². The second-order valence-corrected chi connectivity index (χ2v) is 11.6. The molecule has 1 aliphatic carbocycles. The summed E-state index contributed by atoms with van der Waals surface area (Å²) in [6.07, 6.45) is 5.03. The Morgan fingerprint density at radius 3 is 2.55 bits per heavy atom. The van der Waals surface area contributed by atoms with E-state index in [9.17, 15) is 8.42 Å². The highest BCUT2D eigenvalue weighted by molar-refractivity contribution is 7.91. The third kappa shape index (κ3) is 5.60. The number of fused-ring (bicyclic) bond motifs is 1. The highest BCUT2D eigenvalue weighted by Crippen LogP contribution is 2.32. The van der Waals surface area contributed by atoms with Crippen molar-refractivity contribution in [2.45, 2.75) is 38.3 Å². The molecule has 1 saturated carbocycles. The lowest BCUT2D eigenvalue weighted by Crippen LogP contribution is -2.41. The van der Waals surface area contributed by atoms with Crippen molar-refractivity contribution in [2.24, 2.45) is 0 Å². The van der Waals surface area contributed by atoms with Gasteiger partial charge in [0.1, 0.15) is 0 Å². The molecule has 5 rings (SSSR count). The molecule has 2 heterocycles. The minimum Gasteiger partial charge on any atom is -0.381 e. The summed E-state index contributed by atoms with van der Waals surface area (Å²) in [4.78, 5) is 5.82. The van der Waals surface area contributed by atoms with Crippen molar-refractivity contribution in [3.05, 3.63) is 54.1 Å². The summed E-state index contributed by atoms with van der Waals surface area (Å²) in [5.74, 6) is 0.522. The number of rotatable bonds is 8. The molecule has 0 radical (unpaired) electrons. The molecule has 0 spiro atoms. The molecular weight excluding hydrogens is 434 g/mol. The third-order valence-corrected chi connectivity index (χ3v) is 8.45. The van der Waals surface area contributed by atoms with Crippen molar-refractivity contribution in [1.29, 1.82) is 0 Å². The van der Waals surface area contributed by atoms with Crippen LogP contribution >= 0.6 is 0 Å². The summed E-state index contributed by atoms with van der Waals surface area (Å²) in [6, 6.07) is 17.6. The summed E-state index contributed by atoms with van der Waals surface area (Å²) in [5.41, 5.74) is 5.77. The largest absolute Gasteiger partial charge is 0.381 e. The van der Waals surface area contributed by atoms with Crippen LogP contribution in [-0.4, -0.2) is 62.1 Å². The second kappa shape index (κ2) is 9.87. The monoisotopic (exact) mass is 467 g/mol. The van der Waals surface area contributed by atoms with Crippen LogP contribution in [-0.2, 0) is 21.2 Å². The zero-order valence-electron chi connectivity index (χ0n) is 19.1. The van der Waals surface area contributed by atoms with E-state index in [1.54, 1.807) is 0 Å². The van der Waals surface area contributed by atoms with Crippen molar-refractivity contribution in [1.82, 2.24) is 9.88 Å². The predicted molar refractivity (Wildman–Crippen MR) is 134 cm³/mol. The zero-order chi connectivity index (χ0) is 22.7. The number of anilines is 1. The maximum Gasteiger partial charge on any atom is 0.152 e. The summed E-state index contributed by atoms with van der Waals surface area (Å²) in [5, 5.41) is 4.98. The van der Waals surface area contributed by atoms with Crippen LogP contribution in [0.1, 0.15) is 31.2 Å². The van der Waals surface area contributed by atoms with E-state index in [0.717, 1.165) is 29.0 Å². The van der Waals surface area contributed by atoms with E-state index in [2.05, 4.69) is 57.7 Å². The molecule has 6 nitrogen and oxygen atoms in total. The molecule has 2 aromatic carbocycles. The Bertz CT molecular complexity index is 1170. The Hall–Kier alpha value is -2.35. The molecule has 2 aliphatic rings. The van der Waals surface area contributed by atoms with Gasteiger partial charge >= 0.3 is 0 Å². The Morgan fingerprint density at radius 1 is 1.03 bits per heavy atom. The first-order chi connectivity index (χ1) is 16.1. The topological polar surface area (TPSA) is 74.4 Å². The lowest BCUT2D eigenvalue weighted by molar-refractivity contribution is 0.0951. The van der Waals surface area contributed by atoms with Crippen LogP contribution in [0.2, 0.25) is 0 Å². The number of nitrogens with zero attached hydrogens (tertiary/aromatic N) is 1. The Morgan fingerprint density at radius 2 is 1.79 bits per heavy atom. The third-order valence-electron chi connectivity index (χ3n) is 6.85. The smallest absolute Gasteiger partial charge is 0.152 e. The molecule has 1 aromatic heterocycles. The number of ether oxygens (including phenoxy) is 1. The van der Waals surface area contributed by atoms with Gasteiger partial charge in [0.15, 0.2) is 9.84 Å². The van der Waals surface area contributed by atoms with Crippen LogP contribution in [0.5, 0.6) is 0 Å². The van der Waals surface area contributed by atoms with Crippen molar-refractivity contribution in [3.8, 4) is 11.3 Å². The van der Waals surface area contributed by atoms with Crippen LogP contribution in [0.25, 0.3) is 22.2 Å². The first kappa shape index (κ1) is 22.4. The Balaban J connectivity index is 1.29. The van der Waals surface area contributed by atoms with Gasteiger partial charge in [-0.25, -0.2) is 8.42 Å². The van der Waals surface area contributed by atoms with Gasteiger partial charge in [-0.1, -0.05) is 43.2 Å². The quantitative estimate of drug-likeness (QED) is 0.479. The van der Waals surface area contributed by atoms with Crippen LogP contribution in [0.3, 0.4) is 0 Å². The molecule has 0 unspecified atom stereocenters. The van der Waals surface area contributed by atoms with E-state index in [4.69, 9.17) is 4.74 Å². The normalized spacial score (nSPS) is 19.3. The van der Waals surface area contributed by atoms with E-state index in [0.29, 0.717) is 32.3 Å². The SMILES string of the molecule is O=S1(=O)CCN(CCOCc2cc(NC3CCCC3)c3[nH]c(-c4ccccc4)cc3c2)CC1. The predicted octanol–water partition coefficient (Wildman–Crippen LogP) is 4.44. The first-order valence-corrected chi connectivity index (χ1v) is 13.9. The second-order valence-electron chi connectivity index (χ2n) is 9.33. The van der Waals surface area contributed by atoms with Gasteiger partial charge in [-0.3, -0.25) is 4.90 Å². The minimum absolute atomic E-state index is 0.261. The first-order valence-electron chi connectivity index (χ1n) is 12.0. The van der Waals surface area contributed by atoms with E-state index in [1.165, 1.54) is 36.6 Å². The van der Waals surface area contributed by atoms with Crippen LogP contribution in [0, 0.1) is 0 Å². The lowest BCUT2D eigenvalue weighted by Gasteiger charge is -2.26. The number of H-pyrrole nitrogens is 1. The van der Waals surface area contributed by atoms with Gasteiger partial charge in [0.25, 0.3) is 0 Å². The molecule has 2 fully saturated rings. The van der Waals surface area contributed by atoms with E-state index >= 15 is 0 Å². The number of aromatic nitrogens is 1. The molecule has 2 N–H and O–H groups in total. The fraction of sp³-hybridized carbons (Fsp3) is 0.462. The fourth-order valence-corrected chi connectivity index (χ4v) is 6.20. The van der Waals surface area contributed by atoms with E-state index in [-0.39, 0.29) is 11.5 Å². The van der Waals surface area contributed by atoms with Gasteiger partial charge in [-0.15, -0.1) is 0 Å². The zero-order valence-corrected chi connectivity index (χ0v) is 19.9. The van der Waals surface area contributed by atoms with Crippen LogP contribution in [0.4, 0.5) is 5.69 Å². The summed E-state index contributed by atoms with van der Waals surface area (Å²) < 4.78 is 29.2. The molecule has 33 heavy (non-hydrogen) atoms. The van der Waals surface area contributed by atoms with Gasteiger partial charge in [0.05, 0.1) is 35.9 Å². The number of hydrogen-bond acceptors (Lipinski definition) is 5. The number of benzene rings is 2. The standard InChI is InChI=1S/C26H33N3O3S/c30-33(31)14-11-29(12-15-33)10-13-32-19-20-16-22-18-24(21-6-2-1-3-7-21)28-26(22)25(17-20)27-23-8-4-5-9-23/h1-3,6-7,16-18,23,27-28H,4-5,8-15,19H2. The maximum atomic E-state index is 11.6. The van der Waals surface area contributed by atoms with Crippen molar-refractivity contribution in [2.75, 3.05) is 43.1 Å². The molecule has 1 aliphatic heterocycles. The number of nitrogens with one attached hydrogen (secondary N) is 2. The van der Waals surface area contributed by atoms with Gasteiger partial charge in [-0.2, -0.15) is 0 Å². The molecule has 176 valence electrons. The maximum absolute atomic E-state index is 11.6. The lowest BCUT2D eigenvalue weighted by atomic mass is 10.1. The molecule has 0 atom stereocenters. The minimum atomic E-state index is -2.84. The highest BCUT2D eigenvalue weighted by atomic mass is 32.2. The summed E-state index contributed by atoms with van der Waals surface area (Å²) in [7, 11) is -2.84. The average Bonchev–Trinajstić information content (AvgIpc) is 3.48. The van der Waals surface area contributed by atoms with Crippen molar-refractivity contribution in [3.63, 3.8) is 0 Å². The van der Waals surface area contributed by atoms with Crippen LogP contribution < -0.4 is 5.32 Å². The van der Waals surface area contributed by atoms with Gasteiger partial charge in [-0.05, 0) is 42.2 Å². The summed E-state index contributed by atoms with van der Waals surface area (Å²) in [6.45, 7) is 3.14. The van der Waals surface area contributed by atoms with Gasteiger partial charge < -0.3 is 15.0 Å². The number of aromatic amines is 1. The fourth-order valence-electron chi connectivity index (χ4n) is 4.92. The van der Waals surface area contributed by atoms with E-state index < -0.39 is 9.84 Å². The summed E-state index contributed by atoms with van der Waals surface area (Å²) >= 11 is 0. The average molecular weight is 468 g/mol. The molecule has 1 saturated heterocycles. The van der Waals surface area contributed by atoms with Crippen LogP contribution in [0.15, 0.2) is 48.5 Å².